The van der Waals surface area contributed by atoms with Gasteiger partial charge in [-0.15, -0.1) is 0 Å². The lowest BCUT2D eigenvalue weighted by Gasteiger charge is -2.11. The van der Waals surface area contributed by atoms with Gasteiger partial charge in [-0.2, -0.15) is 0 Å². The van der Waals surface area contributed by atoms with E-state index >= 15 is 0 Å². The largest absolute Gasteiger partial charge is 0.495 e. The molecule has 0 unspecified atom stereocenters. The van der Waals surface area contributed by atoms with E-state index in [9.17, 15) is 9.59 Å². The number of oxazole rings is 1. The van der Waals surface area contributed by atoms with Crippen molar-refractivity contribution in [2.45, 2.75) is 6.92 Å². The van der Waals surface area contributed by atoms with Gasteiger partial charge in [-0.3, -0.25) is 9.59 Å². The van der Waals surface area contributed by atoms with E-state index in [4.69, 9.17) is 9.15 Å². The Balaban J connectivity index is 1.71. The van der Waals surface area contributed by atoms with Gasteiger partial charge < -0.3 is 19.8 Å². The molecule has 7 nitrogen and oxygen atoms in total. The zero-order valence-corrected chi connectivity index (χ0v) is 14.3. The summed E-state index contributed by atoms with van der Waals surface area (Å²) in [5.41, 5.74) is 2.37. The van der Waals surface area contributed by atoms with Crippen molar-refractivity contribution in [2.24, 2.45) is 0 Å². The molecule has 0 bridgehead atoms. The van der Waals surface area contributed by atoms with Crippen LogP contribution in [-0.2, 0) is 9.59 Å². The second kappa shape index (κ2) is 7.52. The number of ether oxygens (including phenoxy) is 1. The summed E-state index contributed by atoms with van der Waals surface area (Å²) in [6.07, 6.45) is 2.82. The number of carbonyl (C=O) groups excluding carboxylic acids is 2. The van der Waals surface area contributed by atoms with Gasteiger partial charge in [0, 0.05) is 24.8 Å². The molecule has 132 valence electrons. The number of hydrogen-bond acceptors (Lipinski definition) is 5. The number of anilines is 2. The van der Waals surface area contributed by atoms with Gasteiger partial charge >= 0.3 is 0 Å². The normalized spacial score (nSPS) is 10.8. The van der Waals surface area contributed by atoms with Crippen LogP contribution in [0, 0.1) is 0 Å². The summed E-state index contributed by atoms with van der Waals surface area (Å²) in [5, 5.41) is 5.36. The standard InChI is InChI=1S/C19H17N3O4/c1-12(23)20-15-11-13(7-8-16(15)25-2)21-18(24)9-10-19-22-14-5-3-4-6-17(14)26-19/h3-11H,1-2H3,(H,20,23)(H,21,24)/b10-9+. The number of amides is 2. The van der Waals surface area contributed by atoms with Crippen molar-refractivity contribution < 1.29 is 18.7 Å². The van der Waals surface area contributed by atoms with Gasteiger partial charge in [-0.25, -0.2) is 4.98 Å². The van der Waals surface area contributed by atoms with Gasteiger partial charge in [0.05, 0.1) is 12.8 Å². The molecule has 26 heavy (non-hydrogen) atoms. The molecule has 0 aliphatic heterocycles. The summed E-state index contributed by atoms with van der Waals surface area (Å²) in [5.74, 6) is 0.254. The molecule has 0 saturated carbocycles. The summed E-state index contributed by atoms with van der Waals surface area (Å²) >= 11 is 0. The molecule has 0 aliphatic carbocycles. The molecular formula is C19H17N3O4. The fourth-order valence-electron chi connectivity index (χ4n) is 2.37. The molecule has 0 atom stereocenters. The maximum Gasteiger partial charge on any atom is 0.248 e. The Kier molecular flexibility index (Phi) is 4.98. The van der Waals surface area contributed by atoms with Crippen LogP contribution in [0.2, 0.25) is 0 Å². The third kappa shape index (κ3) is 4.07. The Morgan fingerprint density at radius 2 is 1.96 bits per heavy atom. The Hall–Kier alpha value is -3.61. The molecule has 7 heteroatoms. The molecule has 0 radical (unpaired) electrons. The van der Waals surface area contributed by atoms with Gasteiger partial charge in [-0.1, -0.05) is 12.1 Å². The highest BCUT2D eigenvalue weighted by atomic mass is 16.5. The number of methoxy groups -OCH3 is 1. The lowest BCUT2D eigenvalue weighted by Crippen LogP contribution is -2.10. The fraction of sp³-hybridized carbons (Fsp3) is 0.105. The summed E-state index contributed by atoms with van der Waals surface area (Å²) in [6.45, 7) is 1.40. The van der Waals surface area contributed by atoms with E-state index in [1.165, 1.54) is 26.2 Å². The van der Waals surface area contributed by atoms with Crippen molar-refractivity contribution in [3.05, 3.63) is 54.4 Å². The highest BCUT2D eigenvalue weighted by molar-refractivity contribution is 6.02. The van der Waals surface area contributed by atoms with Crippen LogP contribution in [0.3, 0.4) is 0 Å². The summed E-state index contributed by atoms with van der Waals surface area (Å²) in [6, 6.07) is 12.3. The molecule has 2 aromatic carbocycles. The molecule has 2 amide bonds. The van der Waals surface area contributed by atoms with Crippen molar-refractivity contribution in [1.82, 2.24) is 4.98 Å². The van der Waals surface area contributed by atoms with Gasteiger partial charge in [0.1, 0.15) is 11.3 Å². The number of rotatable bonds is 5. The van der Waals surface area contributed by atoms with Crippen molar-refractivity contribution in [2.75, 3.05) is 17.7 Å². The van der Waals surface area contributed by atoms with Crippen LogP contribution in [0.25, 0.3) is 17.2 Å². The number of para-hydroxylation sites is 2. The molecule has 0 fully saturated rings. The summed E-state index contributed by atoms with van der Waals surface area (Å²) in [4.78, 5) is 27.6. The number of carbonyl (C=O) groups is 2. The first kappa shape index (κ1) is 17.2. The zero-order chi connectivity index (χ0) is 18.5. The average Bonchev–Trinajstić information content (AvgIpc) is 3.03. The smallest absolute Gasteiger partial charge is 0.248 e. The van der Waals surface area contributed by atoms with E-state index in [0.717, 1.165) is 5.52 Å². The van der Waals surface area contributed by atoms with Crippen LogP contribution in [-0.4, -0.2) is 23.9 Å². The predicted octanol–water partition coefficient (Wildman–Crippen LogP) is 3.45. The molecule has 3 aromatic rings. The summed E-state index contributed by atoms with van der Waals surface area (Å²) < 4.78 is 10.7. The number of nitrogens with one attached hydrogen (secondary N) is 2. The third-order valence-corrected chi connectivity index (χ3v) is 3.47. The van der Waals surface area contributed by atoms with E-state index in [1.807, 2.05) is 18.2 Å². The Bertz CT molecular complexity index is 958. The second-order valence-electron chi connectivity index (χ2n) is 5.44. The molecule has 2 N–H and O–H groups in total. The van der Waals surface area contributed by atoms with Crippen molar-refractivity contribution in [3.8, 4) is 5.75 Å². The van der Waals surface area contributed by atoms with Crippen LogP contribution in [0.4, 0.5) is 11.4 Å². The lowest BCUT2D eigenvalue weighted by atomic mass is 10.2. The average molecular weight is 351 g/mol. The molecule has 1 aromatic heterocycles. The van der Waals surface area contributed by atoms with Crippen LogP contribution in [0.1, 0.15) is 12.8 Å². The van der Waals surface area contributed by atoms with E-state index in [2.05, 4.69) is 15.6 Å². The predicted molar refractivity (Wildman–Crippen MR) is 99.0 cm³/mol. The highest BCUT2D eigenvalue weighted by Gasteiger charge is 2.08. The number of hydrogen-bond donors (Lipinski definition) is 2. The molecule has 1 heterocycles. The Morgan fingerprint density at radius 3 is 2.69 bits per heavy atom. The quantitative estimate of drug-likeness (QED) is 0.687. The zero-order valence-electron chi connectivity index (χ0n) is 14.3. The molecular weight excluding hydrogens is 334 g/mol. The number of benzene rings is 2. The minimum absolute atomic E-state index is 0.234. The topological polar surface area (TPSA) is 93.5 Å². The van der Waals surface area contributed by atoms with E-state index in [1.54, 1.807) is 24.3 Å². The molecule has 0 aliphatic rings. The molecule has 0 spiro atoms. The highest BCUT2D eigenvalue weighted by Crippen LogP contribution is 2.27. The van der Waals surface area contributed by atoms with Gasteiger partial charge in [-0.05, 0) is 30.3 Å². The number of nitrogens with zero attached hydrogens (tertiary/aromatic N) is 1. The first-order valence-corrected chi connectivity index (χ1v) is 7.85. The van der Waals surface area contributed by atoms with Gasteiger partial charge in [0.2, 0.25) is 17.7 Å². The van der Waals surface area contributed by atoms with Crippen LogP contribution < -0.4 is 15.4 Å². The number of fused-ring (bicyclic) bond motifs is 1. The first-order chi connectivity index (χ1) is 12.5. The minimum atomic E-state index is -0.355. The third-order valence-electron chi connectivity index (χ3n) is 3.47. The summed E-state index contributed by atoms with van der Waals surface area (Å²) in [7, 11) is 1.50. The maximum atomic E-state index is 12.1. The van der Waals surface area contributed by atoms with Gasteiger partial charge in [0.25, 0.3) is 0 Å². The Morgan fingerprint density at radius 1 is 1.15 bits per heavy atom. The maximum absolute atomic E-state index is 12.1. The van der Waals surface area contributed by atoms with E-state index in [0.29, 0.717) is 28.6 Å². The van der Waals surface area contributed by atoms with Crippen LogP contribution in [0.15, 0.2) is 53.0 Å². The number of aromatic nitrogens is 1. The van der Waals surface area contributed by atoms with Crippen LogP contribution in [0.5, 0.6) is 5.75 Å². The van der Waals surface area contributed by atoms with E-state index in [-0.39, 0.29) is 11.8 Å². The van der Waals surface area contributed by atoms with Crippen LogP contribution >= 0.6 is 0 Å². The van der Waals surface area contributed by atoms with Gasteiger partial charge in [0.15, 0.2) is 5.58 Å². The Labute approximate surface area is 149 Å². The van der Waals surface area contributed by atoms with Crippen molar-refractivity contribution in [1.29, 1.82) is 0 Å². The second-order valence-corrected chi connectivity index (χ2v) is 5.44. The lowest BCUT2D eigenvalue weighted by molar-refractivity contribution is -0.114. The van der Waals surface area contributed by atoms with Crippen molar-refractivity contribution >= 4 is 40.4 Å². The monoisotopic (exact) mass is 351 g/mol. The minimum Gasteiger partial charge on any atom is -0.495 e. The SMILES string of the molecule is COc1ccc(NC(=O)/C=C/c2nc3ccccc3o2)cc1NC(C)=O. The van der Waals surface area contributed by atoms with E-state index < -0.39 is 0 Å². The first-order valence-electron chi connectivity index (χ1n) is 7.85. The van der Waals surface area contributed by atoms with Crippen molar-refractivity contribution in [3.63, 3.8) is 0 Å². The molecule has 0 saturated heterocycles. The fourth-order valence-corrected chi connectivity index (χ4v) is 2.37. The molecule has 3 rings (SSSR count).